The maximum atomic E-state index is 10.8. The van der Waals surface area contributed by atoms with E-state index in [0.29, 0.717) is 23.0 Å². The van der Waals surface area contributed by atoms with Crippen molar-refractivity contribution in [3.8, 4) is 5.75 Å². The van der Waals surface area contributed by atoms with Crippen LogP contribution in [-0.2, 0) is 0 Å². The highest BCUT2D eigenvalue weighted by Gasteiger charge is 2.16. The number of hydrogen-bond acceptors (Lipinski definition) is 4. The fraction of sp³-hybridized carbons (Fsp3) is 0.0909. The minimum atomic E-state index is -1.19. The van der Waals surface area contributed by atoms with Gasteiger partial charge in [0.25, 0.3) is 0 Å². The molecule has 0 fully saturated rings. The normalized spacial score (nSPS) is 10.3. The van der Waals surface area contributed by atoms with Gasteiger partial charge in [0.05, 0.1) is 18.1 Å². The maximum Gasteiger partial charge on any atom is 0.371 e. The molecule has 0 atom stereocenters. The van der Waals surface area contributed by atoms with E-state index in [-0.39, 0.29) is 11.3 Å². The fourth-order valence-corrected chi connectivity index (χ4v) is 1.50. The molecular formula is C11H8O5. The standard InChI is InChI=1S/C11H8O5/c1-15-8-3-2-6(5-12)10-7(8)4-9(16-10)11(13)14/h2-5H,1H3,(H,13,14). The second-order valence-corrected chi connectivity index (χ2v) is 3.13. The first kappa shape index (κ1) is 10.2. The van der Waals surface area contributed by atoms with Crippen LogP contribution >= 0.6 is 0 Å². The van der Waals surface area contributed by atoms with Gasteiger partial charge in [0.1, 0.15) is 11.3 Å². The molecule has 1 N–H and O–H groups in total. The number of ether oxygens (including phenoxy) is 1. The van der Waals surface area contributed by atoms with Crippen molar-refractivity contribution in [1.29, 1.82) is 0 Å². The van der Waals surface area contributed by atoms with Crippen molar-refractivity contribution in [1.82, 2.24) is 0 Å². The lowest BCUT2D eigenvalue weighted by atomic mass is 10.1. The number of rotatable bonds is 3. The molecule has 0 amide bonds. The van der Waals surface area contributed by atoms with Crippen molar-refractivity contribution in [3.05, 3.63) is 29.5 Å². The zero-order chi connectivity index (χ0) is 11.7. The Hall–Kier alpha value is -2.30. The summed E-state index contributed by atoms with van der Waals surface area (Å²) in [4.78, 5) is 21.5. The Morgan fingerprint density at radius 2 is 2.25 bits per heavy atom. The Balaban J connectivity index is 2.80. The smallest absolute Gasteiger partial charge is 0.371 e. The van der Waals surface area contributed by atoms with Gasteiger partial charge in [-0.2, -0.15) is 0 Å². The van der Waals surface area contributed by atoms with Gasteiger partial charge in [0.15, 0.2) is 6.29 Å². The predicted molar refractivity (Wildman–Crippen MR) is 55.1 cm³/mol. The summed E-state index contributed by atoms with van der Waals surface area (Å²) in [6.07, 6.45) is 0.608. The van der Waals surface area contributed by atoms with Crippen molar-refractivity contribution in [2.75, 3.05) is 7.11 Å². The molecule has 0 aliphatic rings. The first-order valence-corrected chi connectivity index (χ1v) is 4.46. The Morgan fingerprint density at radius 3 is 2.81 bits per heavy atom. The molecular weight excluding hydrogens is 212 g/mol. The predicted octanol–water partition coefficient (Wildman–Crippen LogP) is 1.95. The van der Waals surface area contributed by atoms with E-state index < -0.39 is 5.97 Å². The molecule has 1 aromatic heterocycles. The summed E-state index contributed by atoms with van der Waals surface area (Å²) in [6.45, 7) is 0. The third-order valence-electron chi connectivity index (χ3n) is 2.23. The summed E-state index contributed by atoms with van der Waals surface area (Å²) in [6, 6.07) is 4.44. The highest BCUT2D eigenvalue weighted by atomic mass is 16.5. The second kappa shape index (κ2) is 3.69. The van der Waals surface area contributed by atoms with Crippen LogP contribution in [0.5, 0.6) is 5.75 Å². The summed E-state index contributed by atoms with van der Waals surface area (Å²) in [7, 11) is 1.46. The maximum absolute atomic E-state index is 10.8. The van der Waals surface area contributed by atoms with Gasteiger partial charge in [-0.05, 0) is 12.1 Å². The zero-order valence-corrected chi connectivity index (χ0v) is 8.39. The molecule has 0 saturated heterocycles. The SMILES string of the molecule is COc1ccc(C=O)c2oc(C(=O)O)cc12. The molecule has 0 bridgehead atoms. The molecule has 5 nitrogen and oxygen atoms in total. The van der Waals surface area contributed by atoms with Crippen LogP contribution in [0.15, 0.2) is 22.6 Å². The van der Waals surface area contributed by atoms with E-state index in [2.05, 4.69) is 0 Å². The Morgan fingerprint density at radius 1 is 1.50 bits per heavy atom. The van der Waals surface area contributed by atoms with Crippen LogP contribution in [0.1, 0.15) is 20.9 Å². The highest BCUT2D eigenvalue weighted by Crippen LogP contribution is 2.30. The minimum absolute atomic E-state index is 0.220. The third-order valence-corrected chi connectivity index (χ3v) is 2.23. The summed E-state index contributed by atoms with van der Waals surface area (Å²) in [5.41, 5.74) is 0.523. The van der Waals surface area contributed by atoms with E-state index in [1.165, 1.54) is 19.2 Å². The van der Waals surface area contributed by atoms with Crippen LogP contribution in [0.4, 0.5) is 0 Å². The molecule has 0 radical (unpaired) electrons. The summed E-state index contributed by atoms with van der Waals surface area (Å²) >= 11 is 0. The topological polar surface area (TPSA) is 76.7 Å². The molecule has 0 spiro atoms. The molecule has 2 aromatic rings. The number of fused-ring (bicyclic) bond motifs is 1. The molecule has 0 unspecified atom stereocenters. The lowest BCUT2D eigenvalue weighted by Crippen LogP contribution is -1.91. The molecule has 0 aliphatic carbocycles. The van der Waals surface area contributed by atoms with Crippen LogP contribution in [0.3, 0.4) is 0 Å². The van der Waals surface area contributed by atoms with Crippen molar-refractivity contribution in [3.63, 3.8) is 0 Å². The average Bonchev–Trinajstić information content (AvgIpc) is 2.72. The van der Waals surface area contributed by atoms with E-state index in [1.54, 1.807) is 6.07 Å². The largest absolute Gasteiger partial charge is 0.496 e. The Kier molecular flexibility index (Phi) is 2.36. The molecule has 0 aliphatic heterocycles. The van der Waals surface area contributed by atoms with Gasteiger partial charge in [0.2, 0.25) is 5.76 Å². The monoisotopic (exact) mass is 220 g/mol. The van der Waals surface area contributed by atoms with Crippen LogP contribution < -0.4 is 4.74 Å². The zero-order valence-electron chi connectivity index (χ0n) is 8.39. The molecule has 16 heavy (non-hydrogen) atoms. The molecule has 2 rings (SSSR count). The first-order chi connectivity index (χ1) is 7.67. The summed E-state index contributed by atoms with van der Waals surface area (Å²) in [5.74, 6) is -0.936. The fourth-order valence-electron chi connectivity index (χ4n) is 1.50. The van der Waals surface area contributed by atoms with E-state index in [0.717, 1.165) is 0 Å². The van der Waals surface area contributed by atoms with Crippen LogP contribution in [-0.4, -0.2) is 24.5 Å². The van der Waals surface area contributed by atoms with Gasteiger partial charge < -0.3 is 14.3 Å². The number of hydrogen-bond donors (Lipinski definition) is 1. The number of benzene rings is 1. The minimum Gasteiger partial charge on any atom is -0.496 e. The number of carbonyl (C=O) groups is 2. The van der Waals surface area contributed by atoms with Crippen LogP contribution in [0.25, 0.3) is 11.0 Å². The molecule has 0 saturated carbocycles. The molecule has 82 valence electrons. The van der Waals surface area contributed by atoms with Crippen molar-refractivity contribution in [2.45, 2.75) is 0 Å². The number of carbonyl (C=O) groups excluding carboxylic acids is 1. The van der Waals surface area contributed by atoms with Crippen molar-refractivity contribution < 1.29 is 23.8 Å². The van der Waals surface area contributed by atoms with E-state index >= 15 is 0 Å². The number of methoxy groups -OCH3 is 1. The number of furan rings is 1. The molecule has 1 aromatic carbocycles. The highest BCUT2D eigenvalue weighted by molar-refractivity contribution is 6.01. The second-order valence-electron chi connectivity index (χ2n) is 3.13. The van der Waals surface area contributed by atoms with Crippen LogP contribution in [0, 0.1) is 0 Å². The third kappa shape index (κ3) is 1.42. The van der Waals surface area contributed by atoms with Gasteiger partial charge in [-0.1, -0.05) is 0 Å². The number of aldehydes is 1. The van der Waals surface area contributed by atoms with Gasteiger partial charge in [-0.15, -0.1) is 0 Å². The Labute approximate surface area is 90.2 Å². The Bertz CT molecular complexity index is 567. The molecule has 5 heteroatoms. The van der Waals surface area contributed by atoms with E-state index in [4.69, 9.17) is 14.3 Å². The van der Waals surface area contributed by atoms with Crippen LogP contribution in [0.2, 0.25) is 0 Å². The van der Waals surface area contributed by atoms with Crippen molar-refractivity contribution in [2.24, 2.45) is 0 Å². The lowest BCUT2D eigenvalue weighted by molar-refractivity contribution is 0.0664. The number of aromatic carboxylic acids is 1. The quantitative estimate of drug-likeness (QED) is 0.800. The first-order valence-electron chi connectivity index (χ1n) is 4.46. The van der Waals surface area contributed by atoms with Gasteiger partial charge in [0, 0.05) is 6.07 Å². The lowest BCUT2D eigenvalue weighted by Gasteiger charge is -2.00. The van der Waals surface area contributed by atoms with Gasteiger partial charge >= 0.3 is 5.97 Å². The average molecular weight is 220 g/mol. The summed E-state index contributed by atoms with van der Waals surface area (Å²) < 4.78 is 10.1. The summed E-state index contributed by atoms with van der Waals surface area (Å²) in [5, 5.41) is 9.27. The van der Waals surface area contributed by atoms with E-state index in [9.17, 15) is 9.59 Å². The van der Waals surface area contributed by atoms with Gasteiger partial charge in [-0.3, -0.25) is 4.79 Å². The number of carboxylic acids is 1. The number of carboxylic acid groups (broad SMARTS) is 1. The molecule has 1 heterocycles. The van der Waals surface area contributed by atoms with E-state index in [1.807, 2.05) is 0 Å². The van der Waals surface area contributed by atoms with Crippen molar-refractivity contribution >= 4 is 23.2 Å². The van der Waals surface area contributed by atoms with Gasteiger partial charge in [-0.25, -0.2) is 4.79 Å².